The summed E-state index contributed by atoms with van der Waals surface area (Å²) in [7, 11) is 0. The molecule has 0 radical (unpaired) electrons. The van der Waals surface area contributed by atoms with Gasteiger partial charge in [-0.3, -0.25) is 28.8 Å². The van der Waals surface area contributed by atoms with Crippen LogP contribution in [0.15, 0.2) is 0 Å². The van der Waals surface area contributed by atoms with Gasteiger partial charge in [-0.05, 0) is 26.2 Å². The molecule has 0 saturated heterocycles. The Morgan fingerprint density at radius 1 is 0.397 bits per heavy atom. The van der Waals surface area contributed by atoms with E-state index in [1.54, 1.807) is 0 Å². The Kier molecular flexibility index (Phi) is 42.2. The van der Waals surface area contributed by atoms with Gasteiger partial charge in [0.25, 0.3) is 0 Å². The minimum atomic E-state index is -1.18. The Balaban J connectivity index is 3.61. The van der Waals surface area contributed by atoms with Crippen molar-refractivity contribution in [1.29, 1.82) is 0 Å². The van der Waals surface area contributed by atoms with Crippen LogP contribution in [0.5, 0.6) is 0 Å². The van der Waals surface area contributed by atoms with Crippen LogP contribution in [0.4, 0.5) is 0 Å². The van der Waals surface area contributed by atoms with Gasteiger partial charge in [0.15, 0.2) is 5.78 Å². The summed E-state index contributed by atoms with van der Waals surface area (Å²) in [5, 5.41) is 28.7. The second-order valence-electron chi connectivity index (χ2n) is 15.3. The Morgan fingerprint density at radius 2 is 0.746 bits per heavy atom. The van der Waals surface area contributed by atoms with Gasteiger partial charge in [0, 0.05) is 38.9 Å². The maximum Gasteiger partial charge on any atom is 0.326 e. The number of carbonyl (C=O) groups is 7. The molecule has 0 aliphatic heterocycles. The summed E-state index contributed by atoms with van der Waals surface area (Å²) >= 11 is 0. The van der Waals surface area contributed by atoms with Gasteiger partial charge in [0.05, 0.1) is 59.5 Å². The number of ketones is 1. The van der Waals surface area contributed by atoms with Crippen molar-refractivity contribution < 1.29 is 72.2 Å². The van der Waals surface area contributed by atoms with Crippen LogP contribution in [0.1, 0.15) is 135 Å². The third kappa shape index (κ3) is 46.1. The van der Waals surface area contributed by atoms with Crippen molar-refractivity contribution >= 4 is 41.4 Å². The minimum absolute atomic E-state index is 0.0256. The number of unbranched alkanes of at least 4 members (excludes halogenated alkanes) is 15. The molecule has 366 valence electrons. The van der Waals surface area contributed by atoms with Crippen molar-refractivity contribution in [2.24, 2.45) is 0 Å². The van der Waals surface area contributed by atoms with Crippen molar-refractivity contribution in [2.45, 2.75) is 141 Å². The lowest BCUT2D eigenvalue weighted by molar-refractivity contribution is -0.142. The maximum atomic E-state index is 12.3. The molecule has 0 aromatic rings. The highest BCUT2D eigenvalue weighted by Crippen LogP contribution is 2.14. The lowest BCUT2D eigenvalue weighted by Crippen LogP contribution is -2.41. The number of hydrogen-bond acceptors (Lipinski definition) is 13. The first-order chi connectivity index (χ1) is 30.5. The number of carbonyl (C=O) groups excluding carboxylic acids is 5. The number of carboxylic acid groups (broad SMARTS) is 2. The largest absolute Gasteiger partial charge is 0.481 e. The lowest BCUT2D eigenvalue weighted by Gasteiger charge is -2.14. The first-order valence-electron chi connectivity index (χ1n) is 23.0. The zero-order chi connectivity index (χ0) is 46.4. The standard InChI is InChI=1S/C44H80N4O15/c1-37(49)34-61-31-28-59-26-23-46-41(52)36-63-33-30-60-27-24-47-42(53)35-62-32-29-58-25-22-45-39(50)21-20-38(44(56)57)48-40(51)18-16-14-12-10-8-6-4-2-3-5-7-9-11-13-15-17-19-43(54)55/h38H,2-36H2,1H3,(H,45,50)(H,46,52)(H,47,53)(H,48,51)(H,54,55)(H,56,57)/t38-/m0/s1. The second kappa shape index (κ2) is 44.8. The number of hydrogen-bond donors (Lipinski definition) is 6. The van der Waals surface area contributed by atoms with Crippen LogP contribution >= 0.6 is 0 Å². The van der Waals surface area contributed by atoms with Crippen LogP contribution in [0.25, 0.3) is 0 Å². The van der Waals surface area contributed by atoms with E-state index in [9.17, 15) is 38.7 Å². The van der Waals surface area contributed by atoms with E-state index >= 15 is 0 Å². The van der Waals surface area contributed by atoms with E-state index in [4.69, 9.17) is 33.5 Å². The molecule has 0 unspecified atom stereocenters. The first kappa shape index (κ1) is 59.2. The van der Waals surface area contributed by atoms with E-state index < -0.39 is 18.0 Å². The number of aliphatic carboxylic acids is 2. The third-order valence-corrected chi connectivity index (χ3v) is 9.43. The molecule has 0 aliphatic rings. The Bertz CT molecular complexity index is 1210. The zero-order valence-corrected chi connectivity index (χ0v) is 38.0. The van der Waals surface area contributed by atoms with Gasteiger partial charge in [-0.2, -0.15) is 0 Å². The number of carboxylic acids is 2. The molecule has 63 heavy (non-hydrogen) atoms. The predicted octanol–water partition coefficient (Wildman–Crippen LogP) is 3.48. The van der Waals surface area contributed by atoms with E-state index in [0.717, 1.165) is 38.5 Å². The zero-order valence-electron chi connectivity index (χ0n) is 38.0. The summed E-state index contributed by atoms with van der Waals surface area (Å²) < 4.78 is 31.6. The van der Waals surface area contributed by atoms with Gasteiger partial charge in [0.2, 0.25) is 23.6 Å². The first-order valence-corrected chi connectivity index (χ1v) is 23.0. The van der Waals surface area contributed by atoms with E-state index in [2.05, 4.69) is 21.3 Å². The fourth-order valence-corrected chi connectivity index (χ4v) is 6.02. The highest BCUT2D eigenvalue weighted by molar-refractivity contribution is 5.84. The van der Waals surface area contributed by atoms with Crippen LogP contribution < -0.4 is 21.3 Å². The molecule has 0 aliphatic carbocycles. The van der Waals surface area contributed by atoms with E-state index in [-0.39, 0.29) is 128 Å². The quantitative estimate of drug-likeness (QED) is 0.0478. The smallest absolute Gasteiger partial charge is 0.326 e. The predicted molar refractivity (Wildman–Crippen MR) is 234 cm³/mol. The van der Waals surface area contributed by atoms with Gasteiger partial charge in [-0.25, -0.2) is 4.79 Å². The average molecular weight is 905 g/mol. The minimum Gasteiger partial charge on any atom is -0.481 e. The van der Waals surface area contributed by atoms with Crippen molar-refractivity contribution in [3.63, 3.8) is 0 Å². The summed E-state index contributed by atoms with van der Waals surface area (Å²) in [4.78, 5) is 81.1. The van der Waals surface area contributed by atoms with Crippen LogP contribution in [0.2, 0.25) is 0 Å². The van der Waals surface area contributed by atoms with Crippen LogP contribution in [-0.4, -0.2) is 157 Å². The molecule has 0 fully saturated rings. The highest BCUT2D eigenvalue weighted by Gasteiger charge is 2.20. The van der Waals surface area contributed by atoms with E-state index in [1.165, 1.54) is 64.7 Å². The molecule has 0 aromatic heterocycles. The van der Waals surface area contributed by atoms with Gasteiger partial charge >= 0.3 is 11.9 Å². The number of Topliss-reactive ketones (excluding diaryl/α,β-unsaturated/α-hetero) is 1. The van der Waals surface area contributed by atoms with Crippen LogP contribution in [0.3, 0.4) is 0 Å². The Hall–Kier alpha value is -3.75. The fourth-order valence-electron chi connectivity index (χ4n) is 6.02. The Labute approximate surface area is 374 Å². The van der Waals surface area contributed by atoms with Crippen molar-refractivity contribution in [2.75, 3.05) is 98.9 Å². The fraction of sp³-hybridized carbons (Fsp3) is 0.841. The molecule has 0 bridgehead atoms. The van der Waals surface area contributed by atoms with E-state index in [1.807, 2.05) is 0 Å². The Morgan fingerprint density at radius 3 is 1.13 bits per heavy atom. The number of amides is 4. The molecule has 0 heterocycles. The van der Waals surface area contributed by atoms with Crippen molar-refractivity contribution in [3.8, 4) is 0 Å². The van der Waals surface area contributed by atoms with Gasteiger partial charge < -0.3 is 59.9 Å². The number of rotatable bonds is 48. The third-order valence-electron chi connectivity index (χ3n) is 9.43. The monoisotopic (exact) mass is 905 g/mol. The highest BCUT2D eigenvalue weighted by atomic mass is 16.5. The molecule has 0 aromatic carbocycles. The van der Waals surface area contributed by atoms with Crippen molar-refractivity contribution in [1.82, 2.24) is 21.3 Å². The number of nitrogens with one attached hydrogen (secondary N) is 4. The summed E-state index contributed by atoms with van der Waals surface area (Å²) in [6, 6.07) is -1.14. The van der Waals surface area contributed by atoms with Gasteiger partial charge in [-0.1, -0.05) is 89.9 Å². The molecular weight excluding hydrogens is 824 g/mol. The SMILES string of the molecule is CC(=O)COCCOCCNC(=O)COCCOCCNC(=O)COCCOCCNC(=O)CC[C@H](NC(=O)CCCCCCCCCCCCCCCCCCC(=O)O)C(=O)O. The molecule has 6 N–H and O–H groups in total. The molecule has 1 atom stereocenters. The summed E-state index contributed by atoms with van der Waals surface area (Å²) in [6.45, 7) is 4.21. The molecule has 4 amide bonds. The lowest BCUT2D eigenvalue weighted by atomic mass is 10.0. The van der Waals surface area contributed by atoms with E-state index in [0.29, 0.717) is 32.8 Å². The summed E-state index contributed by atoms with van der Waals surface area (Å²) in [5.41, 5.74) is 0. The molecule has 0 spiro atoms. The molecular formula is C44H80N4O15. The second-order valence-corrected chi connectivity index (χ2v) is 15.3. The summed E-state index contributed by atoms with van der Waals surface area (Å²) in [6.07, 6.45) is 18.3. The van der Waals surface area contributed by atoms with Crippen molar-refractivity contribution in [3.05, 3.63) is 0 Å². The average Bonchev–Trinajstić information content (AvgIpc) is 3.24. The van der Waals surface area contributed by atoms with Gasteiger partial charge in [-0.15, -0.1) is 0 Å². The normalized spacial score (nSPS) is 11.5. The number of ether oxygens (including phenoxy) is 6. The molecule has 0 rings (SSSR count). The topological polar surface area (TPSA) is 263 Å². The van der Waals surface area contributed by atoms with Gasteiger partial charge in [0.1, 0.15) is 25.9 Å². The molecule has 0 saturated carbocycles. The molecule has 19 heteroatoms. The molecule has 19 nitrogen and oxygen atoms in total. The maximum absolute atomic E-state index is 12.3. The van der Waals surface area contributed by atoms with Crippen LogP contribution in [0, 0.1) is 0 Å². The summed E-state index contributed by atoms with van der Waals surface area (Å²) in [5.74, 6) is -3.24. The van der Waals surface area contributed by atoms with Crippen LogP contribution in [-0.2, 0) is 62.0 Å².